The number of aromatic nitrogens is 3. The highest BCUT2D eigenvalue weighted by Gasteiger charge is 2.15. The van der Waals surface area contributed by atoms with Crippen molar-refractivity contribution in [1.29, 1.82) is 0 Å². The number of halogens is 1. The first-order valence-corrected chi connectivity index (χ1v) is 7.39. The van der Waals surface area contributed by atoms with E-state index in [0.29, 0.717) is 0 Å². The Hall–Kier alpha value is -1.09. The molecule has 2 rings (SSSR count). The zero-order valence-corrected chi connectivity index (χ0v) is 12.9. The van der Waals surface area contributed by atoms with Crippen LogP contribution in [0.3, 0.4) is 0 Å². The topological polar surface area (TPSA) is 30.7 Å². The van der Waals surface area contributed by atoms with Gasteiger partial charge in [-0.3, -0.25) is 0 Å². The molecule has 3 nitrogen and oxygen atoms in total. The molecule has 2 aromatic rings. The second kappa shape index (κ2) is 5.91. The summed E-state index contributed by atoms with van der Waals surface area (Å²) >= 11 is 6.25. The Morgan fingerprint density at radius 3 is 2.68 bits per heavy atom. The van der Waals surface area contributed by atoms with Gasteiger partial charge < -0.3 is 4.57 Å². The van der Waals surface area contributed by atoms with Crippen LogP contribution in [0, 0.1) is 12.8 Å². The van der Waals surface area contributed by atoms with Crippen LogP contribution in [-0.2, 0) is 6.54 Å². The molecule has 0 radical (unpaired) electrons. The van der Waals surface area contributed by atoms with Crippen molar-refractivity contribution in [3.8, 4) is 0 Å². The molecule has 4 heteroatoms. The second-order valence-corrected chi connectivity index (χ2v) is 6.28. The summed E-state index contributed by atoms with van der Waals surface area (Å²) < 4.78 is 2.18. The van der Waals surface area contributed by atoms with E-state index in [0.717, 1.165) is 41.4 Å². The second-order valence-electron chi connectivity index (χ2n) is 5.63. The van der Waals surface area contributed by atoms with Gasteiger partial charge in [0.15, 0.2) is 5.65 Å². The maximum atomic E-state index is 6.25. The van der Waals surface area contributed by atoms with E-state index in [-0.39, 0.29) is 5.38 Å². The first-order chi connectivity index (χ1) is 8.99. The minimum Gasteiger partial charge on any atom is -0.311 e. The summed E-state index contributed by atoms with van der Waals surface area (Å²) in [6.07, 6.45) is 4.24. The number of hydrogen-bond acceptors (Lipinski definition) is 2. The van der Waals surface area contributed by atoms with Crippen LogP contribution in [-0.4, -0.2) is 14.5 Å². The van der Waals surface area contributed by atoms with Crippen LogP contribution in [0.25, 0.3) is 11.2 Å². The molecule has 0 spiro atoms. The fourth-order valence-corrected chi connectivity index (χ4v) is 2.48. The van der Waals surface area contributed by atoms with Crippen molar-refractivity contribution in [3.05, 3.63) is 23.7 Å². The highest BCUT2D eigenvalue weighted by atomic mass is 35.5. The third kappa shape index (κ3) is 3.27. The Labute approximate surface area is 120 Å². The van der Waals surface area contributed by atoms with Gasteiger partial charge in [-0.1, -0.05) is 13.8 Å². The van der Waals surface area contributed by atoms with Crippen LogP contribution in [0.15, 0.2) is 12.3 Å². The predicted molar refractivity (Wildman–Crippen MR) is 80.6 cm³/mol. The third-order valence-electron chi connectivity index (χ3n) is 3.27. The molecule has 1 unspecified atom stereocenters. The molecule has 0 aliphatic rings. The van der Waals surface area contributed by atoms with E-state index in [1.165, 1.54) is 6.42 Å². The minimum atomic E-state index is -0.0893. The Morgan fingerprint density at radius 2 is 2.05 bits per heavy atom. The van der Waals surface area contributed by atoms with Crippen LogP contribution in [0.5, 0.6) is 0 Å². The van der Waals surface area contributed by atoms with Crippen LogP contribution in [0.1, 0.15) is 50.4 Å². The number of pyridine rings is 1. The summed E-state index contributed by atoms with van der Waals surface area (Å²) in [6.45, 7) is 9.44. The SMILES string of the molecule is Cc1cnc2c(c1)nc(C(C)Cl)n2CCCC(C)C. The van der Waals surface area contributed by atoms with E-state index in [1.54, 1.807) is 0 Å². The lowest BCUT2D eigenvalue weighted by molar-refractivity contribution is 0.508. The number of imidazole rings is 1. The molecule has 0 bridgehead atoms. The molecule has 0 N–H and O–H groups in total. The predicted octanol–water partition coefficient (Wildman–Crippen LogP) is 4.48. The van der Waals surface area contributed by atoms with Crippen LogP contribution < -0.4 is 0 Å². The Balaban J connectivity index is 2.35. The van der Waals surface area contributed by atoms with Crippen molar-refractivity contribution in [1.82, 2.24) is 14.5 Å². The molecule has 0 aromatic carbocycles. The molecule has 0 aliphatic carbocycles. The zero-order valence-electron chi connectivity index (χ0n) is 12.2. The van der Waals surface area contributed by atoms with E-state index < -0.39 is 0 Å². The Kier molecular flexibility index (Phi) is 4.46. The highest BCUT2D eigenvalue weighted by molar-refractivity contribution is 6.20. The van der Waals surface area contributed by atoms with Gasteiger partial charge in [-0.25, -0.2) is 9.97 Å². The Morgan fingerprint density at radius 1 is 1.32 bits per heavy atom. The van der Waals surface area contributed by atoms with Crippen molar-refractivity contribution in [2.24, 2.45) is 5.92 Å². The quantitative estimate of drug-likeness (QED) is 0.756. The summed E-state index contributed by atoms with van der Waals surface area (Å²) in [5, 5.41) is -0.0893. The van der Waals surface area contributed by atoms with Gasteiger partial charge in [-0.15, -0.1) is 11.6 Å². The maximum absolute atomic E-state index is 6.25. The molecule has 19 heavy (non-hydrogen) atoms. The van der Waals surface area contributed by atoms with Gasteiger partial charge in [0.1, 0.15) is 11.3 Å². The summed E-state index contributed by atoms with van der Waals surface area (Å²) in [5.74, 6) is 1.65. The molecule has 0 fully saturated rings. The summed E-state index contributed by atoms with van der Waals surface area (Å²) in [7, 11) is 0. The fraction of sp³-hybridized carbons (Fsp3) is 0.600. The van der Waals surface area contributed by atoms with E-state index in [9.17, 15) is 0 Å². The maximum Gasteiger partial charge on any atom is 0.160 e. The van der Waals surface area contributed by atoms with Crippen molar-refractivity contribution >= 4 is 22.8 Å². The summed E-state index contributed by atoms with van der Waals surface area (Å²) in [4.78, 5) is 9.16. The van der Waals surface area contributed by atoms with E-state index in [2.05, 4.69) is 34.4 Å². The summed E-state index contributed by atoms with van der Waals surface area (Å²) in [5.41, 5.74) is 3.04. The van der Waals surface area contributed by atoms with Crippen LogP contribution in [0.4, 0.5) is 0 Å². The average Bonchev–Trinajstić information content (AvgIpc) is 2.67. The Bertz CT molecular complexity index is 558. The van der Waals surface area contributed by atoms with Crippen LogP contribution >= 0.6 is 11.6 Å². The molecule has 104 valence electrons. The molecular weight excluding hydrogens is 258 g/mol. The molecule has 0 saturated heterocycles. The number of rotatable bonds is 5. The van der Waals surface area contributed by atoms with Gasteiger partial charge in [-0.05, 0) is 44.2 Å². The molecular formula is C15H22ClN3. The van der Waals surface area contributed by atoms with E-state index in [4.69, 9.17) is 11.6 Å². The number of alkyl halides is 1. The first kappa shape index (κ1) is 14.3. The van der Waals surface area contributed by atoms with Gasteiger partial charge >= 0.3 is 0 Å². The lowest BCUT2D eigenvalue weighted by Crippen LogP contribution is -2.06. The van der Waals surface area contributed by atoms with Crippen molar-refractivity contribution in [3.63, 3.8) is 0 Å². The van der Waals surface area contributed by atoms with E-state index in [1.807, 2.05) is 20.0 Å². The lowest BCUT2D eigenvalue weighted by atomic mass is 10.1. The van der Waals surface area contributed by atoms with Crippen molar-refractivity contribution in [2.45, 2.75) is 52.5 Å². The van der Waals surface area contributed by atoms with Gasteiger partial charge in [0.25, 0.3) is 0 Å². The van der Waals surface area contributed by atoms with Crippen molar-refractivity contribution < 1.29 is 0 Å². The zero-order chi connectivity index (χ0) is 14.0. The van der Waals surface area contributed by atoms with Crippen LogP contribution in [0.2, 0.25) is 0 Å². The smallest absolute Gasteiger partial charge is 0.160 e. The van der Waals surface area contributed by atoms with Gasteiger partial charge in [-0.2, -0.15) is 0 Å². The van der Waals surface area contributed by atoms with Gasteiger partial charge in [0.2, 0.25) is 0 Å². The number of fused-ring (bicyclic) bond motifs is 1. The first-order valence-electron chi connectivity index (χ1n) is 6.96. The number of hydrogen-bond donors (Lipinski definition) is 0. The fourth-order valence-electron chi connectivity index (χ4n) is 2.31. The van der Waals surface area contributed by atoms with Gasteiger partial charge in [0.05, 0.1) is 5.38 Å². The average molecular weight is 280 g/mol. The largest absolute Gasteiger partial charge is 0.311 e. The molecule has 1 atom stereocenters. The van der Waals surface area contributed by atoms with E-state index >= 15 is 0 Å². The lowest BCUT2D eigenvalue weighted by Gasteiger charge is -2.10. The molecule has 0 aliphatic heterocycles. The number of nitrogens with zero attached hydrogens (tertiary/aromatic N) is 3. The van der Waals surface area contributed by atoms with Crippen molar-refractivity contribution in [2.75, 3.05) is 0 Å². The minimum absolute atomic E-state index is 0.0893. The molecule has 2 heterocycles. The third-order valence-corrected chi connectivity index (χ3v) is 3.47. The molecule has 0 saturated carbocycles. The molecule has 2 aromatic heterocycles. The number of aryl methyl sites for hydroxylation is 2. The highest BCUT2D eigenvalue weighted by Crippen LogP contribution is 2.24. The van der Waals surface area contributed by atoms with Gasteiger partial charge in [0, 0.05) is 12.7 Å². The molecule has 0 amide bonds. The summed E-state index contributed by atoms with van der Waals surface area (Å²) in [6, 6.07) is 2.07. The normalized spacial score (nSPS) is 13.4. The monoisotopic (exact) mass is 279 g/mol. The standard InChI is InChI=1S/C15H22ClN3/c1-10(2)6-5-7-19-14(12(4)16)18-13-8-11(3)9-17-15(13)19/h8-10,12H,5-7H2,1-4H3.